The van der Waals surface area contributed by atoms with Crippen molar-refractivity contribution in [2.75, 3.05) is 26.2 Å². The summed E-state index contributed by atoms with van der Waals surface area (Å²) < 4.78 is 0. The standard InChI is InChI=1S/C23H28N4O/c1-14-7-16(17-5-4-15(9-24)23-18(17)3-2-6-26-23)13-27(12-14)22(28)8-19-20-10-25-11-21(19)20/h2-6,9,14,16,19-21,24-25H,7-8,10-13H2,1H3/t14-,16-,19-,20-,21+/m1/s1. The molecule has 1 aromatic carbocycles. The van der Waals surface area contributed by atoms with Crippen LogP contribution in [0.5, 0.6) is 0 Å². The highest BCUT2D eigenvalue weighted by atomic mass is 16.2. The third-order valence-corrected chi connectivity index (χ3v) is 7.12. The van der Waals surface area contributed by atoms with Gasteiger partial charge in [0.2, 0.25) is 5.91 Å². The molecule has 0 spiro atoms. The second-order valence-electron chi connectivity index (χ2n) is 8.98. The topological polar surface area (TPSA) is 69.1 Å². The van der Waals surface area contributed by atoms with Gasteiger partial charge in [0.15, 0.2) is 0 Å². The van der Waals surface area contributed by atoms with Gasteiger partial charge in [-0.25, -0.2) is 0 Å². The Hall–Kier alpha value is -2.27. The van der Waals surface area contributed by atoms with Crippen LogP contribution in [0.15, 0.2) is 30.5 Å². The Balaban J connectivity index is 1.38. The van der Waals surface area contributed by atoms with Crippen molar-refractivity contribution in [3.05, 3.63) is 41.6 Å². The molecule has 1 amide bonds. The summed E-state index contributed by atoms with van der Waals surface area (Å²) in [4.78, 5) is 19.7. The molecule has 0 bridgehead atoms. The average Bonchev–Trinajstić information content (AvgIpc) is 3.12. The molecule has 28 heavy (non-hydrogen) atoms. The van der Waals surface area contributed by atoms with Crippen LogP contribution in [0, 0.1) is 29.1 Å². The van der Waals surface area contributed by atoms with Gasteiger partial charge in [-0.3, -0.25) is 9.78 Å². The number of pyridine rings is 1. The molecule has 2 saturated heterocycles. The molecule has 1 aliphatic carbocycles. The minimum atomic E-state index is 0.333. The van der Waals surface area contributed by atoms with Gasteiger partial charge in [0, 0.05) is 48.8 Å². The molecule has 5 rings (SSSR count). The van der Waals surface area contributed by atoms with Crippen LogP contribution < -0.4 is 5.32 Å². The lowest BCUT2D eigenvalue weighted by molar-refractivity contribution is -0.133. The van der Waals surface area contributed by atoms with E-state index in [-0.39, 0.29) is 0 Å². The summed E-state index contributed by atoms with van der Waals surface area (Å²) in [5, 5.41) is 12.2. The third kappa shape index (κ3) is 3.02. The molecule has 1 saturated carbocycles. The lowest BCUT2D eigenvalue weighted by atomic mass is 9.83. The Kier molecular flexibility index (Phi) is 4.43. The Labute approximate surface area is 166 Å². The van der Waals surface area contributed by atoms with Gasteiger partial charge in [0.05, 0.1) is 5.52 Å². The minimum Gasteiger partial charge on any atom is -0.342 e. The maximum absolute atomic E-state index is 13.0. The summed E-state index contributed by atoms with van der Waals surface area (Å²) in [6.07, 6.45) is 4.99. The van der Waals surface area contributed by atoms with E-state index in [0.717, 1.165) is 67.3 Å². The van der Waals surface area contributed by atoms with Crippen molar-refractivity contribution in [3.63, 3.8) is 0 Å². The zero-order valence-corrected chi connectivity index (χ0v) is 16.4. The van der Waals surface area contributed by atoms with Gasteiger partial charge in [-0.2, -0.15) is 0 Å². The highest BCUT2D eigenvalue weighted by Crippen LogP contribution is 2.51. The molecule has 146 valence electrons. The second-order valence-corrected chi connectivity index (χ2v) is 8.98. The molecule has 5 atom stereocenters. The number of hydrogen-bond acceptors (Lipinski definition) is 4. The van der Waals surface area contributed by atoms with Crippen LogP contribution >= 0.6 is 0 Å². The molecule has 3 fully saturated rings. The quantitative estimate of drug-likeness (QED) is 0.806. The number of carbonyl (C=O) groups is 1. The molecular formula is C23H28N4O. The zero-order valence-electron chi connectivity index (χ0n) is 16.4. The SMILES string of the molecule is C[C@@H]1C[C@@H](c2ccc(C=N)c3ncccc23)CN(C(=O)C[C@H]2[C@@H]3CNC[C@@H]32)C1. The van der Waals surface area contributed by atoms with Gasteiger partial charge in [-0.1, -0.05) is 25.1 Å². The van der Waals surface area contributed by atoms with Gasteiger partial charge in [-0.05, 0) is 54.8 Å². The molecule has 2 aromatic rings. The van der Waals surface area contributed by atoms with E-state index in [2.05, 4.69) is 34.3 Å². The molecule has 3 aliphatic rings. The first-order valence-corrected chi connectivity index (χ1v) is 10.5. The highest BCUT2D eigenvalue weighted by molar-refractivity contribution is 5.98. The number of likely N-dealkylation sites (tertiary alicyclic amines) is 1. The van der Waals surface area contributed by atoms with E-state index < -0.39 is 0 Å². The maximum atomic E-state index is 13.0. The molecule has 2 N–H and O–H groups in total. The van der Waals surface area contributed by atoms with Gasteiger partial charge in [0.1, 0.15) is 0 Å². The number of nitrogens with zero attached hydrogens (tertiary/aromatic N) is 2. The first-order valence-electron chi connectivity index (χ1n) is 10.5. The van der Waals surface area contributed by atoms with Gasteiger partial charge in [-0.15, -0.1) is 0 Å². The number of aromatic nitrogens is 1. The smallest absolute Gasteiger partial charge is 0.222 e. The lowest BCUT2D eigenvalue weighted by Gasteiger charge is -2.37. The molecule has 0 unspecified atom stereocenters. The second kappa shape index (κ2) is 6.96. The number of amides is 1. The maximum Gasteiger partial charge on any atom is 0.222 e. The van der Waals surface area contributed by atoms with Crippen LogP contribution in [-0.4, -0.2) is 48.2 Å². The first-order chi connectivity index (χ1) is 13.7. The van der Waals surface area contributed by atoms with Crippen molar-refractivity contribution in [2.24, 2.45) is 23.7 Å². The summed E-state index contributed by atoms with van der Waals surface area (Å²) in [5.41, 5.74) is 3.01. The van der Waals surface area contributed by atoms with Gasteiger partial charge >= 0.3 is 0 Å². The summed E-state index contributed by atoms with van der Waals surface area (Å²) in [6.45, 7) is 6.14. The zero-order chi connectivity index (χ0) is 19.3. The fourth-order valence-electron chi connectivity index (χ4n) is 5.65. The first kappa shape index (κ1) is 17.8. The van der Waals surface area contributed by atoms with E-state index in [1.165, 1.54) is 11.8 Å². The van der Waals surface area contributed by atoms with E-state index in [4.69, 9.17) is 5.41 Å². The number of fused-ring (bicyclic) bond motifs is 2. The largest absolute Gasteiger partial charge is 0.342 e. The summed E-state index contributed by atoms with van der Waals surface area (Å²) in [7, 11) is 0. The van der Waals surface area contributed by atoms with Crippen molar-refractivity contribution < 1.29 is 4.79 Å². The van der Waals surface area contributed by atoms with Crippen LogP contribution in [0.25, 0.3) is 10.9 Å². The number of rotatable bonds is 4. The van der Waals surface area contributed by atoms with Crippen LogP contribution in [0.1, 0.15) is 36.8 Å². The average molecular weight is 377 g/mol. The minimum absolute atomic E-state index is 0.333. The summed E-state index contributed by atoms with van der Waals surface area (Å²) >= 11 is 0. The number of benzene rings is 1. The molecule has 5 nitrogen and oxygen atoms in total. The van der Waals surface area contributed by atoms with Crippen molar-refractivity contribution in [1.29, 1.82) is 5.41 Å². The Morgan fingerprint density at radius 1 is 1.29 bits per heavy atom. The van der Waals surface area contributed by atoms with E-state index in [0.29, 0.717) is 23.7 Å². The molecule has 5 heteroatoms. The van der Waals surface area contributed by atoms with Gasteiger partial charge < -0.3 is 15.6 Å². The van der Waals surface area contributed by atoms with Crippen molar-refractivity contribution in [3.8, 4) is 0 Å². The fourth-order valence-corrected chi connectivity index (χ4v) is 5.65. The van der Waals surface area contributed by atoms with E-state index in [1.807, 2.05) is 12.1 Å². The fraction of sp³-hybridized carbons (Fsp3) is 0.522. The van der Waals surface area contributed by atoms with Crippen LogP contribution in [0.4, 0.5) is 0 Å². The summed E-state index contributed by atoms with van der Waals surface area (Å²) in [5.74, 6) is 3.27. The van der Waals surface area contributed by atoms with Crippen molar-refractivity contribution in [1.82, 2.24) is 15.2 Å². The van der Waals surface area contributed by atoms with Crippen molar-refractivity contribution in [2.45, 2.75) is 25.7 Å². The van der Waals surface area contributed by atoms with Gasteiger partial charge in [0.25, 0.3) is 0 Å². The van der Waals surface area contributed by atoms with Crippen LogP contribution in [-0.2, 0) is 4.79 Å². The number of hydrogen-bond donors (Lipinski definition) is 2. The van der Waals surface area contributed by atoms with E-state index >= 15 is 0 Å². The molecule has 0 radical (unpaired) electrons. The number of piperidine rings is 2. The molecule has 3 heterocycles. The van der Waals surface area contributed by atoms with E-state index in [1.54, 1.807) is 6.20 Å². The molecule has 1 aromatic heterocycles. The van der Waals surface area contributed by atoms with Crippen LogP contribution in [0.2, 0.25) is 0 Å². The predicted octanol–water partition coefficient (Wildman–Crippen LogP) is 3.04. The monoisotopic (exact) mass is 376 g/mol. The van der Waals surface area contributed by atoms with E-state index in [9.17, 15) is 4.79 Å². The normalized spacial score (nSPS) is 31.6. The predicted molar refractivity (Wildman–Crippen MR) is 111 cm³/mol. The third-order valence-electron chi connectivity index (χ3n) is 7.12. The summed E-state index contributed by atoms with van der Waals surface area (Å²) in [6, 6.07) is 8.22. The Morgan fingerprint density at radius 2 is 2.11 bits per heavy atom. The molecular weight excluding hydrogens is 348 g/mol. The van der Waals surface area contributed by atoms with Crippen LogP contribution in [0.3, 0.4) is 0 Å². The molecule has 2 aliphatic heterocycles. The Morgan fingerprint density at radius 3 is 2.89 bits per heavy atom. The Bertz CT molecular complexity index is 916. The van der Waals surface area contributed by atoms with Crippen molar-refractivity contribution >= 4 is 23.0 Å². The number of nitrogens with one attached hydrogen (secondary N) is 2. The lowest BCUT2D eigenvalue weighted by Crippen LogP contribution is -2.43. The highest BCUT2D eigenvalue weighted by Gasteiger charge is 2.53. The number of carbonyl (C=O) groups excluding carboxylic acids is 1.